The molecule has 146 valence electrons. The van der Waals surface area contributed by atoms with Gasteiger partial charge in [0.25, 0.3) is 5.91 Å². The van der Waals surface area contributed by atoms with E-state index in [4.69, 9.17) is 0 Å². The number of nitrogens with zero attached hydrogens (tertiary/aromatic N) is 2. The number of carbonyl (C=O) groups is 3. The largest absolute Gasteiger partial charge is 0.352 e. The lowest BCUT2D eigenvalue weighted by molar-refractivity contribution is -0.135. The Hall–Kier alpha value is -3.22. The van der Waals surface area contributed by atoms with E-state index in [1.165, 1.54) is 0 Å². The van der Waals surface area contributed by atoms with Gasteiger partial charge >= 0.3 is 0 Å². The Labute approximate surface area is 164 Å². The van der Waals surface area contributed by atoms with E-state index < -0.39 is 0 Å². The van der Waals surface area contributed by atoms with E-state index in [9.17, 15) is 14.4 Å². The fourth-order valence-corrected chi connectivity index (χ4v) is 3.21. The Bertz CT molecular complexity index is 811. The van der Waals surface area contributed by atoms with Crippen LogP contribution in [0.3, 0.4) is 0 Å². The first kappa shape index (κ1) is 19.5. The van der Waals surface area contributed by atoms with Crippen LogP contribution in [-0.4, -0.2) is 47.2 Å². The van der Waals surface area contributed by atoms with Gasteiger partial charge in [-0.25, -0.2) is 0 Å². The lowest BCUT2D eigenvalue weighted by Crippen LogP contribution is -2.48. The number of aromatic nitrogens is 1. The highest BCUT2D eigenvalue weighted by Gasteiger charge is 2.28. The minimum absolute atomic E-state index is 0.0531. The van der Waals surface area contributed by atoms with Gasteiger partial charge in [-0.05, 0) is 42.7 Å². The van der Waals surface area contributed by atoms with Crippen LogP contribution in [0, 0.1) is 5.92 Å². The van der Waals surface area contributed by atoms with Crippen molar-refractivity contribution in [1.82, 2.24) is 20.5 Å². The zero-order chi connectivity index (χ0) is 19.8. The van der Waals surface area contributed by atoms with E-state index in [1.807, 2.05) is 18.2 Å². The average molecular weight is 380 g/mol. The monoisotopic (exact) mass is 380 g/mol. The molecule has 1 aromatic carbocycles. The van der Waals surface area contributed by atoms with Gasteiger partial charge < -0.3 is 15.5 Å². The molecule has 2 N–H and O–H groups in total. The zero-order valence-electron chi connectivity index (χ0n) is 15.6. The molecule has 0 unspecified atom stereocenters. The predicted molar refractivity (Wildman–Crippen MR) is 104 cm³/mol. The number of amides is 3. The third-order valence-electron chi connectivity index (χ3n) is 4.80. The van der Waals surface area contributed by atoms with Gasteiger partial charge in [0.2, 0.25) is 11.8 Å². The standard InChI is InChI=1S/C21H24N4O3/c26-19(14-24-20(27)17-5-2-1-3-6-17)25-12-4-7-18(15-25)21(28)23-13-16-8-10-22-11-9-16/h1-3,5-6,8-11,18H,4,7,12-15H2,(H,23,28)(H,24,27)/t18-/m1/s1. The van der Waals surface area contributed by atoms with Crippen LogP contribution in [0.25, 0.3) is 0 Å². The molecule has 1 atom stereocenters. The normalized spacial score (nSPS) is 16.3. The first-order valence-electron chi connectivity index (χ1n) is 9.41. The first-order valence-corrected chi connectivity index (χ1v) is 9.41. The van der Waals surface area contributed by atoms with Crippen LogP contribution in [0.1, 0.15) is 28.8 Å². The van der Waals surface area contributed by atoms with Crippen LogP contribution < -0.4 is 10.6 Å². The number of nitrogens with one attached hydrogen (secondary N) is 2. The van der Waals surface area contributed by atoms with Crippen LogP contribution in [0.2, 0.25) is 0 Å². The Morgan fingerprint density at radius 3 is 2.54 bits per heavy atom. The van der Waals surface area contributed by atoms with Gasteiger partial charge in [-0.15, -0.1) is 0 Å². The van der Waals surface area contributed by atoms with Crippen LogP contribution in [0.4, 0.5) is 0 Å². The number of rotatable bonds is 6. The van der Waals surface area contributed by atoms with Crippen LogP contribution >= 0.6 is 0 Å². The molecule has 3 rings (SSSR count). The van der Waals surface area contributed by atoms with Crippen molar-refractivity contribution in [1.29, 1.82) is 0 Å². The number of piperidine rings is 1. The summed E-state index contributed by atoms with van der Waals surface area (Å²) in [6, 6.07) is 12.5. The average Bonchev–Trinajstić information content (AvgIpc) is 2.77. The second kappa shape index (κ2) is 9.64. The molecule has 3 amide bonds. The molecule has 2 heterocycles. The molecule has 28 heavy (non-hydrogen) atoms. The van der Waals surface area contributed by atoms with Crippen LogP contribution in [0.5, 0.6) is 0 Å². The second-order valence-corrected chi connectivity index (χ2v) is 6.80. The quantitative estimate of drug-likeness (QED) is 0.792. The maximum atomic E-state index is 12.5. The van der Waals surface area contributed by atoms with Gasteiger partial charge in [-0.3, -0.25) is 19.4 Å². The van der Waals surface area contributed by atoms with Crippen molar-refractivity contribution >= 4 is 17.7 Å². The fourth-order valence-electron chi connectivity index (χ4n) is 3.21. The number of pyridine rings is 1. The topological polar surface area (TPSA) is 91.4 Å². The summed E-state index contributed by atoms with van der Waals surface area (Å²) in [5.74, 6) is -0.736. The summed E-state index contributed by atoms with van der Waals surface area (Å²) in [5, 5.41) is 5.58. The number of hydrogen-bond donors (Lipinski definition) is 2. The zero-order valence-corrected chi connectivity index (χ0v) is 15.6. The molecule has 1 aromatic heterocycles. The molecular formula is C21H24N4O3. The minimum atomic E-state index is -0.280. The van der Waals surface area contributed by atoms with Crippen molar-refractivity contribution in [3.63, 3.8) is 0 Å². The Morgan fingerprint density at radius 1 is 1.04 bits per heavy atom. The maximum Gasteiger partial charge on any atom is 0.251 e. The van der Waals surface area contributed by atoms with Crippen molar-refractivity contribution in [2.75, 3.05) is 19.6 Å². The molecule has 0 saturated carbocycles. The molecule has 7 nitrogen and oxygen atoms in total. The molecule has 0 radical (unpaired) electrons. The van der Waals surface area contributed by atoms with Gasteiger partial charge in [0.05, 0.1) is 12.5 Å². The molecular weight excluding hydrogens is 356 g/mol. The first-order chi connectivity index (χ1) is 13.6. The highest BCUT2D eigenvalue weighted by atomic mass is 16.2. The lowest BCUT2D eigenvalue weighted by atomic mass is 9.97. The summed E-state index contributed by atoms with van der Waals surface area (Å²) in [6.45, 7) is 1.36. The van der Waals surface area contributed by atoms with Crippen molar-refractivity contribution in [2.24, 2.45) is 5.92 Å². The van der Waals surface area contributed by atoms with Crippen LogP contribution in [0.15, 0.2) is 54.9 Å². The van der Waals surface area contributed by atoms with Crippen LogP contribution in [-0.2, 0) is 16.1 Å². The van der Waals surface area contributed by atoms with Crippen molar-refractivity contribution in [2.45, 2.75) is 19.4 Å². The molecule has 1 fully saturated rings. The highest BCUT2D eigenvalue weighted by Crippen LogP contribution is 2.17. The third-order valence-corrected chi connectivity index (χ3v) is 4.80. The van der Waals surface area contributed by atoms with E-state index in [0.717, 1.165) is 18.4 Å². The summed E-state index contributed by atoms with van der Waals surface area (Å²) in [5.41, 5.74) is 1.50. The van der Waals surface area contributed by atoms with Gasteiger partial charge in [-0.1, -0.05) is 18.2 Å². The summed E-state index contributed by atoms with van der Waals surface area (Å²) >= 11 is 0. The highest BCUT2D eigenvalue weighted by molar-refractivity contribution is 5.96. The summed E-state index contributed by atoms with van der Waals surface area (Å²) in [4.78, 5) is 42.6. The predicted octanol–water partition coefficient (Wildman–Crippen LogP) is 1.37. The SMILES string of the molecule is O=C(NCC(=O)N1CCC[C@@H](C(=O)NCc2ccncc2)C1)c1ccccc1. The fraction of sp³-hybridized carbons (Fsp3) is 0.333. The molecule has 1 saturated heterocycles. The lowest BCUT2D eigenvalue weighted by Gasteiger charge is -2.32. The van der Waals surface area contributed by atoms with Crippen molar-refractivity contribution in [3.05, 3.63) is 66.0 Å². The maximum absolute atomic E-state index is 12.5. The van der Waals surface area contributed by atoms with Gasteiger partial charge in [-0.2, -0.15) is 0 Å². The summed E-state index contributed by atoms with van der Waals surface area (Å²) < 4.78 is 0. The van der Waals surface area contributed by atoms with Crippen molar-refractivity contribution < 1.29 is 14.4 Å². The number of carbonyl (C=O) groups excluding carboxylic acids is 3. The smallest absolute Gasteiger partial charge is 0.251 e. The summed E-state index contributed by atoms with van der Waals surface area (Å²) in [7, 11) is 0. The molecule has 0 spiro atoms. The Morgan fingerprint density at radius 2 is 1.79 bits per heavy atom. The molecule has 1 aliphatic heterocycles. The molecule has 7 heteroatoms. The van der Waals surface area contributed by atoms with E-state index in [-0.39, 0.29) is 30.2 Å². The van der Waals surface area contributed by atoms with Gasteiger partial charge in [0.15, 0.2) is 0 Å². The summed E-state index contributed by atoms with van der Waals surface area (Å²) in [6.07, 6.45) is 4.90. The van der Waals surface area contributed by atoms with Crippen molar-refractivity contribution in [3.8, 4) is 0 Å². The molecule has 1 aliphatic rings. The molecule has 0 aliphatic carbocycles. The van der Waals surface area contributed by atoms with Gasteiger partial charge in [0, 0.05) is 37.6 Å². The Balaban J connectivity index is 1.46. The number of benzene rings is 1. The Kier molecular flexibility index (Phi) is 6.73. The van der Waals surface area contributed by atoms with E-state index in [1.54, 1.807) is 41.6 Å². The number of likely N-dealkylation sites (tertiary alicyclic amines) is 1. The number of hydrogen-bond acceptors (Lipinski definition) is 4. The van der Waals surface area contributed by atoms with E-state index >= 15 is 0 Å². The second-order valence-electron chi connectivity index (χ2n) is 6.80. The van der Waals surface area contributed by atoms with E-state index in [0.29, 0.717) is 25.2 Å². The van der Waals surface area contributed by atoms with E-state index in [2.05, 4.69) is 15.6 Å². The van der Waals surface area contributed by atoms with Gasteiger partial charge in [0.1, 0.15) is 0 Å². The minimum Gasteiger partial charge on any atom is -0.352 e. The third kappa shape index (κ3) is 5.39. The molecule has 0 bridgehead atoms. The molecule has 2 aromatic rings.